The highest BCUT2D eigenvalue weighted by atomic mass is 16.5. The summed E-state index contributed by atoms with van der Waals surface area (Å²) in [4.78, 5) is 10.5. The molecule has 1 atom stereocenters. The first-order chi connectivity index (χ1) is 10.8. The molecule has 1 aromatic carbocycles. The molecule has 1 aromatic heterocycles. The molecule has 2 N–H and O–H groups in total. The van der Waals surface area contributed by atoms with Crippen molar-refractivity contribution in [2.75, 3.05) is 24.6 Å². The van der Waals surface area contributed by atoms with Crippen LogP contribution < -0.4 is 10.6 Å². The van der Waals surface area contributed by atoms with E-state index in [1.54, 1.807) is 6.20 Å². The van der Waals surface area contributed by atoms with Gasteiger partial charge >= 0.3 is 0 Å². The molecule has 6 heteroatoms. The Balaban J connectivity index is 1.69. The van der Waals surface area contributed by atoms with Crippen molar-refractivity contribution >= 4 is 11.7 Å². The summed E-state index contributed by atoms with van der Waals surface area (Å²) in [6, 6.07) is 8.74. The number of oxazole rings is 1. The van der Waals surface area contributed by atoms with E-state index < -0.39 is 0 Å². The summed E-state index contributed by atoms with van der Waals surface area (Å²) in [5.74, 6) is 0.777. The summed E-state index contributed by atoms with van der Waals surface area (Å²) < 4.78 is 10.6. The fourth-order valence-electron chi connectivity index (χ4n) is 2.57. The standard InChI is InChI=1S/C16H20N4O2/c1-2-20(7-6-13-10-21-16(17)19-13)14-5-3-4-12(8-14)15-9-18-11-22-15/h3-5,8-9,11,13H,2,6-7,10H2,1H3,(H2,17,19)/t13-/m0/s1. The van der Waals surface area contributed by atoms with Crippen molar-refractivity contribution in [2.45, 2.75) is 19.4 Å². The van der Waals surface area contributed by atoms with Crippen molar-refractivity contribution in [1.82, 2.24) is 4.98 Å². The third-order valence-corrected chi connectivity index (χ3v) is 3.78. The van der Waals surface area contributed by atoms with E-state index in [1.165, 1.54) is 6.39 Å². The average Bonchev–Trinajstić information content (AvgIpc) is 3.20. The van der Waals surface area contributed by atoms with Crippen molar-refractivity contribution in [3.63, 3.8) is 0 Å². The van der Waals surface area contributed by atoms with Gasteiger partial charge in [-0.05, 0) is 25.5 Å². The van der Waals surface area contributed by atoms with E-state index in [9.17, 15) is 0 Å². The molecule has 1 aliphatic heterocycles. The van der Waals surface area contributed by atoms with Crippen LogP contribution in [0.5, 0.6) is 0 Å². The summed E-state index contributed by atoms with van der Waals surface area (Å²) in [6.07, 6.45) is 4.09. The molecule has 0 radical (unpaired) electrons. The highest BCUT2D eigenvalue weighted by molar-refractivity contribution is 5.73. The summed E-state index contributed by atoms with van der Waals surface area (Å²) in [7, 11) is 0. The minimum Gasteiger partial charge on any atom is -0.463 e. The van der Waals surface area contributed by atoms with Crippen molar-refractivity contribution in [1.29, 1.82) is 0 Å². The number of nitrogens with two attached hydrogens (primary N) is 1. The summed E-state index contributed by atoms with van der Waals surface area (Å²) in [5.41, 5.74) is 7.73. The van der Waals surface area contributed by atoms with Gasteiger partial charge in [0.1, 0.15) is 6.61 Å². The fraction of sp³-hybridized carbons (Fsp3) is 0.375. The number of ether oxygens (including phenoxy) is 1. The molecule has 0 amide bonds. The van der Waals surface area contributed by atoms with Crippen LogP contribution in [0.25, 0.3) is 11.3 Å². The number of amidine groups is 1. The van der Waals surface area contributed by atoms with Crippen LogP contribution in [-0.2, 0) is 4.74 Å². The molecule has 0 bridgehead atoms. The molecule has 0 aliphatic carbocycles. The van der Waals surface area contributed by atoms with Gasteiger partial charge in [0, 0.05) is 24.3 Å². The molecule has 3 rings (SSSR count). The lowest BCUT2D eigenvalue weighted by molar-refractivity contribution is 0.308. The lowest BCUT2D eigenvalue weighted by Gasteiger charge is -2.24. The number of hydrogen-bond acceptors (Lipinski definition) is 6. The summed E-state index contributed by atoms with van der Waals surface area (Å²) in [6.45, 7) is 4.55. The Labute approximate surface area is 129 Å². The highest BCUT2D eigenvalue weighted by Gasteiger charge is 2.17. The Hall–Kier alpha value is -2.50. The van der Waals surface area contributed by atoms with E-state index in [4.69, 9.17) is 14.9 Å². The molecular formula is C16H20N4O2. The van der Waals surface area contributed by atoms with Crippen LogP contribution >= 0.6 is 0 Å². The topological polar surface area (TPSA) is 76.9 Å². The number of anilines is 1. The van der Waals surface area contributed by atoms with Crippen LogP contribution in [0, 0.1) is 0 Å². The van der Waals surface area contributed by atoms with Gasteiger partial charge in [-0.25, -0.2) is 9.98 Å². The van der Waals surface area contributed by atoms with Crippen molar-refractivity contribution < 1.29 is 9.15 Å². The van der Waals surface area contributed by atoms with E-state index in [-0.39, 0.29) is 6.04 Å². The Morgan fingerprint density at radius 3 is 3.00 bits per heavy atom. The molecular weight excluding hydrogens is 280 g/mol. The Kier molecular flexibility index (Phi) is 4.27. The van der Waals surface area contributed by atoms with Crippen molar-refractivity contribution in [3.05, 3.63) is 36.9 Å². The van der Waals surface area contributed by atoms with Gasteiger partial charge in [-0.3, -0.25) is 0 Å². The highest BCUT2D eigenvalue weighted by Crippen LogP contribution is 2.24. The maximum Gasteiger partial charge on any atom is 0.282 e. The van der Waals surface area contributed by atoms with Gasteiger partial charge in [0.25, 0.3) is 6.02 Å². The zero-order valence-corrected chi connectivity index (χ0v) is 12.6. The zero-order chi connectivity index (χ0) is 15.4. The molecule has 116 valence electrons. The first-order valence-electron chi connectivity index (χ1n) is 7.46. The molecule has 1 aliphatic rings. The molecule has 0 fully saturated rings. The van der Waals surface area contributed by atoms with Gasteiger partial charge in [0.15, 0.2) is 12.2 Å². The van der Waals surface area contributed by atoms with Crippen LogP contribution in [0.3, 0.4) is 0 Å². The molecule has 22 heavy (non-hydrogen) atoms. The van der Waals surface area contributed by atoms with E-state index in [1.807, 2.05) is 12.1 Å². The largest absolute Gasteiger partial charge is 0.463 e. The fourth-order valence-corrected chi connectivity index (χ4v) is 2.57. The van der Waals surface area contributed by atoms with Crippen LogP contribution in [-0.4, -0.2) is 36.7 Å². The molecule has 2 heterocycles. The first kappa shape index (κ1) is 14.4. The van der Waals surface area contributed by atoms with Gasteiger partial charge in [-0.1, -0.05) is 12.1 Å². The lowest BCUT2D eigenvalue weighted by atomic mass is 10.1. The normalized spacial score (nSPS) is 17.1. The monoisotopic (exact) mass is 300 g/mol. The average molecular weight is 300 g/mol. The van der Waals surface area contributed by atoms with Gasteiger partial charge in [-0.2, -0.15) is 0 Å². The van der Waals surface area contributed by atoms with E-state index >= 15 is 0 Å². The number of aliphatic imine (C=N–C) groups is 1. The van der Waals surface area contributed by atoms with Crippen LogP contribution in [0.1, 0.15) is 13.3 Å². The first-order valence-corrected chi connectivity index (χ1v) is 7.46. The van der Waals surface area contributed by atoms with Gasteiger partial charge in [0.05, 0.1) is 12.2 Å². The van der Waals surface area contributed by atoms with Crippen molar-refractivity contribution in [3.8, 4) is 11.3 Å². The minimum absolute atomic E-state index is 0.159. The number of aromatic nitrogens is 1. The Morgan fingerprint density at radius 2 is 2.32 bits per heavy atom. The van der Waals surface area contributed by atoms with Gasteiger partial charge in [-0.15, -0.1) is 0 Å². The third kappa shape index (κ3) is 3.21. The predicted octanol–water partition coefficient (Wildman–Crippen LogP) is 2.27. The quantitative estimate of drug-likeness (QED) is 0.885. The smallest absolute Gasteiger partial charge is 0.282 e. The number of rotatable bonds is 6. The predicted molar refractivity (Wildman–Crippen MR) is 85.8 cm³/mol. The molecule has 0 saturated heterocycles. The molecule has 6 nitrogen and oxygen atoms in total. The summed E-state index contributed by atoms with van der Waals surface area (Å²) >= 11 is 0. The molecule has 0 unspecified atom stereocenters. The summed E-state index contributed by atoms with van der Waals surface area (Å²) in [5, 5.41) is 0. The SMILES string of the molecule is CCN(CC[C@H]1COC(N)=N1)c1cccc(-c2cnco2)c1. The second kappa shape index (κ2) is 6.51. The molecule has 0 saturated carbocycles. The van der Waals surface area contributed by atoms with Gasteiger partial charge in [0.2, 0.25) is 0 Å². The van der Waals surface area contributed by atoms with Crippen molar-refractivity contribution in [2.24, 2.45) is 10.7 Å². The van der Waals surface area contributed by atoms with E-state index in [2.05, 4.69) is 33.9 Å². The second-order valence-corrected chi connectivity index (χ2v) is 5.22. The molecule has 0 spiro atoms. The second-order valence-electron chi connectivity index (χ2n) is 5.22. The molecule has 2 aromatic rings. The van der Waals surface area contributed by atoms with Crippen LogP contribution in [0.15, 0.2) is 46.3 Å². The lowest BCUT2D eigenvalue weighted by Crippen LogP contribution is -2.27. The Morgan fingerprint density at radius 1 is 1.41 bits per heavy atom. The number of benzene rings is 1. The van der Waals surface area contributed by atoms with E-state index in [0.29, 0.717) is 12.6 Å². The van der Waals surface area contributed by atoms with Crippen LogP contribution in [0.4, 0.5) is 5.69 Å². The maximum absolute atomic E-state index is 5.55. The maximum atomic E-state index is 5.55. The minimum atomic E-state index is 0.159. The number of hydrogen-bond donors (Lipinski definition) is 1. The zero-order valence-electron chi connectivity index (χ0n) is 12.6. The van der Waals surface area contributed by atoms with E-state index in [0.717, 1.165) is 36.5 Å². The Bertz CT molecular complexity index is 639. The third-order valence-electron chi connectivity index (χ3n) is 3.78. The van der Waals surface area contributed by atoms with Crippen LogP contribution in [0.2, 0.25) is 0 Å². The van der Waals surface area contributed by atoms with Gasteiger partial charge < -0.3 is 19.8 Å². The number of nitrogens with zero attached hydrogens (tertiary/aromatic N) is 3.